The van der Waals surface area contributed by atoms with Crippen LogP contribution >= 0.6 is 12.2 Å². The zero-order valence-electron chi connectivity index (χ0n) is 14.5. The Hall–Kier alpha value is -1.38. The van der Waals surface area contributed by atoms with Crippen LogP contribution in [0.5, 0.6) is 5.75 Å². The molecule has 0 unspecified atom stereocenters. The van der Waals surface area contributed by atoms with Crippen molar-refractivity contribution in [2.75, 3.05) is 25.5 Å². The molecule has 0 spiro atoms. The second kappa shape index (κ2) is 7.88. The maximum Gasteiger partial charge on any atom is 0.243 e. The number of benzene rings is 1. The van der Waals surface area contributed by atoms with Gasteiger partial charge in [-0.3, -0.25) is 0 Å². The molecule has 1 heterocycles. The molecular weight excluding hydrogens is 358 g/mol. The van der Waals surface area contributed by atoms with Crippen LogP contribution in [-0.2, 0) is 10.0 Å². The molecule has 1 aromatic rings. The van der Waals surface area contributed by atoms with Crippen molar-refractivity contribution in [2.24, 2.45) is 0 Å². The summed E-state index contributed by atoms with van der Waals surface area (Å²) in [6.07, 6.45) is 6.48. The average molecular weight is 384 g/mol. The van der Waals surface area contributed by atoms with Crippen LogP contribution in [0.4, 0.5) is 5.69 Å². The zero-order chi connectivity index (χ0) is 17.9. The number of hydrogen-bond acceptors (Lipinski definition) is 4. The second-order valence-corrected chi connectivity index (χ2v) is 8.90. The van der Waals surface area contributed by atoms with Gasteiger partial charge in [-0.1, -0.05) is 12.8 Å². The molecule has 8 heteroatoms. The number of methoxy groups -OCH3 is 1. The quantitative estimate of drug-likeness (QED) is 0.762. The van der Waals surface area contributed by atoms with E-state index >= 15 is 0 Å². The second-order valence-electron chi connectivity index (χ2n) is 6.55. The van der Waals surface area contributed by atoms with Crippen molar-refractivity contribution in [1.29, 1.82) is 0 Å². The number of thiocarbonyl (C=S) groups is 1. The first kappa shape index (κ1) is 18.4. The molecule has 2 aliphatic rings. The molecule has 2 N–H and O–H groups in total. The first-order valence-corrected chi connectivity index (χ1v) is 10.6. The summed E-state index contributed by atoms with van der Waals surface area (Å²) in [5.41, 5.74) is 0.568. The predicted octanol–water partition coefficient (Wildman–Crippen LogP) is 2.71. The summed E-state index contributed by atoms with van der Waals surface area (Å²) in [4.78, 5) is 0.265. The Balaban J connectivity index is 1.78. The van der Waals surface area contributed by atoms with Crippen LogP contribution in [0, 0.1) is 0 Å². The first-order valence-electron chi connectivity index (χ1n) is 8.76. The molecule has 25 heavy (non-hydrogen) atoms. The third-order valence-electron chi connectivity index (χ3n) is 4.81. The Morgan fingerprint density at radius 2 is 1.88 bits per heavy atom. The number of hydrogen-bond donors (Lipinski definition) is 2. The van der Waals surface area contributed by atoms with Gasteiger partial charge in [-0.15, -0.1) is 0 Å². The summed E-state index contributed by atoms with van der Waals surface area (Å²) in [5, 5.41) is 6.90. The van der Waals surface area contributed by atoms with Crippen molar-refractivity contribution in [1.82, 2.24) is 9.62 Å². The van der Waals surface area contributed by atoms with Gasteiger partial charge in [0.2, 0.25) is 10.0 Å². The highest BCUT2D eigenvalue weighted by Gasteiger charge is 2.28. The zero-order valence-corrected chi connectivity index (χ0v) is 16.1. The summed E-state index contributed by atoms with van der Waals surface area (Å²) in [7, 11) is -1.91. The fraction of sp³-hybridized carbons (Fsp3) is 0.588. The van der Waals surface area contributed by atoms with E-state index in [1.54, 1.807) is 25.3 Å². The normalized spacial score (nSPS) is 19.1. The maximum absolute atomic E-state index is 12.8. The average Bonchev–Trinajstić information content (AvgIpc) is 3.28. The van der Waals surface area contributed by atoms with Gasteiger partial charge in [0.15, 0.2) is 5.11 Å². The van der Waals surface area contributed by atoms with Gasteiger partial charge in [-0.25, -0.2) is 8.42 Å². The SMILES string of the molecule is COc1ccc(S(=O)(=O)N2CCCC2)cc1NC(=S)NC1CCCC1. The minimum Gasteiger partial charge on any atom is -0.495 e. The summed E-state index contributed by atoms with van der Waals surface area (Å²) < 4.78 is 32.4. The van der Waals surface area contributed by atoms with Crippen molar-refractivity contribution in [3.63, 3.8) is 0 Å². The molecule has 6 nitrogen and oxygen atoms in total. The Morgan fingerprint density at radius 3 is 2.52 bits per heavy atom. The standard InChI is InChI=1S/C17H25N3O3S2/c1-23-16-9-8-14(25(21,22)20-10-4-5-11-20)12-15(16)19-17(24)18-13-6-2-3-7-13/h8-9,12-13H,2-7,10-11H2,1H3,(H2,18,19,24). The molecule has 0 amide bonds. The smallest absolute Gasteiger partial charge is 0.243 e. The lowest BCUT2D eigenvalue weighted by atomic mass is 10.2. The number of rotatable bonds is 5. The highest BCUT2D eigenvalue weighted by atomic mass is 32.2. The maximum atomic E-state index is 12.8. The van der Waals surface area contributed by atoms with Crippen LogP contribution < -0.4 is 15.4 Å². The molecule has 2 fully saturated rings. The molecular formula is C17H25N3O3S2. The van der Waals surface area contributed by atoms with E-state index in [0.717, 1.165) is 25.7 Å². The van der Waals surface area contributed by atoms with Crippen molar-refractivity contribution < 1.29 is 13.2 Å². The number of anilines is 1. The van der Waals surface area contributed by atoms with E-state index < -0.39 is 10.0 Å². The fourth-order valence-electron chi connectivity index (χ4n) is 3.44. The van der Waals surface area contributed by atoms with Crippen molar-refractivity contribution >= 4 is 33.0 Å². The van der Waals surface area contributed by atoms with Gasteiger partial charge in [0.05, 0.1) is 17.7 Å². The molecule has 0 radical (unpaired) electrons. The van der Waals surface area contributed by atoms with Gasteiger partial charge in [0, 0.05) is 19.1 Å². The van der Waals surface area contributed by atoms with Gasteiger partial charge >= 0.3 is 0 Å². The van der Waals surface area contributed by atoms with Crippen LogP contribution in [0.25, 0.3) is 0 Å². The Morgan fingerprint density at radius 1 is 1.20 bits per heavy atom. The Kier molecular flexibility index (Phi) is 5.81. The molecule has 1 aliphatic carbocycles. The molecule has 0 atom stereocenters. The molecule has 138 valence electrons. The topological polar surface area (TPSA) is 70.7 Å². The molecule has 1 aromatic carbocycles. The van der Waals surface area contributed by atoms with Gasteiger partial charge in [0.25, 0.3) is 0 Å². The molecule has 1 saturated carbocycles. The lowest BCUT2D eigenvalue weighted by molar-refractivity contribution is 0.416. The highest BCUT2D eigenvalue weighted by molar-refractivity contribution is 7.89. The third-order valence-corrected chi connectivity index (χ3v) is 6.93. The van der Waals surface area contributed by atoms with E-state index in [9.17, 15) is 8.42 Å². The van der Waals surface area contributed by atoms with E-state index in [0.29, 0.717) is 35.7 Å². The minimum absolute atomic E-state index is 0.265. The van der Waals surface area contributed by atoms with Crippen LogP contribution in [0.2, 0.25) is 0 Å². The predicted molar refractivity (Wildman–Crippen MR) is 103 cm³/mol. The largest absolute Gasteiger partial charge is 0.495 e. The van der Waals surface area contributed by atoms with Crippen LogP contribution in [0.1, 0.15) is 38.5 Å². The lowest BCUT2D eigenvalue weighted by Crippen LogP contribution is -2.36. The Bertz CT molecular complexity index is 725. The van der Waals surface area contributed by atoms with E-state index in [2.05, 4.69) is 10.6 Å². The summed E-state index contributed by atoms with van der Waals surface area (Å²) in [5.74, 6) is 0.566. The van der Waals surface area contributed by atoms with Crippen molar-refractivity contribution in [2.45, 2.75) is 49.5 Å². The van der Waals surface area contributed by atoms with Crippen molar-refractivity contribution in [3.05, 3.63) is 18.2 Å². The van der Waals surface area contributed by atoms with Gasteiger partial charge < -0.3 is 15.4 Å². The molecule has 0 bridgehead atoms. The van der Waals surface area contributed by atoms with Gasteiger partial charge in [-0.05, 0) is 56.1 Å². The van der Waals surface area contributed by atoms with Crippen LogP contribution in [0.3, 0.4) is 0 Å². The first-order chi connectivity index (χ1) is 12.0. The molecule has 1 saturated heterocycles. The molecule has 0 aromatic heterocycles. The summed E-state index contributed by atoms with van der Waals surface area (Å²) in [6, 6.07) is 5.26. The van der Waals surface area contributed by atoms with Crippen LogP contribution in [0.15, 0.2) is 23.1 Å². The monoisotopic (exact) mass is 383 g/mol. The van der Waals surface area contributed by atoms with Crippen molar-refractivity contribution in [3.8, 4) is 5.75 Å². The van der Waals surface area contributed by atoms with E-state index in [-0.39, 0.29) is 4.90 Å². The Labute approximate surface area is 155 Å². The number of nitrogens with zero attached hydrogens (tertiary/aromatic N) is 1. The van der Waals surface area contributed by atoms with E-state index in [4.69, 9.17) is 17.0 Å². The van der Waals surface area contributed by atoms with E-state index in [1.165, 1.54) is 17.1 Å². The molecule has 3 rings (SSSR count). The van der Waals surface area contributed by atoms with Gasteiger partial charge in [-0.2, -0.15) is 4.31 Å². The molecule has 1 aliphatic heterocycles. The van der Waals surface area contributed by atoms with Gasteiger partial charge in [0.1, 0.15) is 5.75 Å². The van der Waals surface area contributed by atoms with Crippen LogP contribution in [-0.4, -0.2) is 44.1 Å². The summed E-state index contributed by atoms with van der Waals surface area (Å²) >= 11 is 5.39. The number of sulfonamides is 1. The highest BCUT2D eigenvalue weighted by Crippen LogP contribution is 2.30. The number of nitrogens with one attached hydrogen (secondary N) is 2. The summed E-state index contributed by atoms with van der Waals surface area (Å²) in [6.45, 7) is 1.16. The number of ether oxygens (including phenoxy) is 1. The third kappa shape index (κ3) is 4.24. The lowest BCUT2D eigenvalue weighted by Gasteiger charge is -2.19. The fourth-order valence-corrected chi connectivity index (χ4v) is 5.26. The van der Waals surface area contributed by atoms with E-state index in [1.807, 2.05) is 0 Å². The minimum atomic E-state index is -3.47.